The van der Waals surface area contributed by atoms with Crippen molar-refractivity contribution in [2.45, 2.75) is 38.8 Å². The Morgan fingerprint density at radius 1 is 1.68 bits per heavy atom. The van der Waals surface area contributed by atoms with Crippen LogP contribution in [0.5, 0.6) is 0 Å². The zero-order chi connectivity index (χ0) is 14.0. The summed E-state index contributed by atoms with van der Waals surface area (Å²) in [5.74, 6) is 0.509. The van der Waals surface area contributed by atoms with Crippen LogP contribution in [-0.2, 0) is 0 Å². The number of amides is 2. The molecular weight excluding hydrogens is 262 g/mol. The number of nitrogens with zero attached hydrogens (tertiary/aromatic N) is 2. The fourth-order valence-corrected chi connectivity index (χ4v) is 2.99. The second kappa shape index (κ2) is 5.88. The molecule has 0 aromatic carbocycles. The van der Waals surface area contributed by atoms with Crippen molar-refractivity contribution in [3.8, 4) is 0 Å². The highest BCUT2D eigenvalue weighted by Gasteiger charge is 2.35. The van der Waals surface area contributed by atoms with Crippen molar-refractivity contribution in [1.82, 2.24) is 15.2 Å². The van der Waals surface area contributed by atoms with Crippen LogP contribution in [0.4, 0.5) is 4.79 Å². The van der Waals surface area contributed by atoms with Gasteiger partial charge in [0.1, 0.15) is 5.01 Å². The molecule has 5 nitrogen and oxygen atoms in total. The topological polar surface area (TPSA) is 65.5 Å². The Labute approximate surface area is 117 Å². The summed E-state index contributed by atoms with van der Waals surface area (Å²) in [6, 6.07) is -0.131. The first-order valence-electron chi connectivity index (χ1n) is 6.59. The van der Waals surface area contributed by atoms with Crippen LogP contribution >= 0.6 is 11.3 Å². The van der Waals surface area contributed by atoms with E-state index in [1.54, 1.807) is 25.3 Å². The molecule has 6 heteroatoms. The van der Waals surface area contributed by atoms with Crippen molar-refractivity contribution in [3.63, 3.8) is 0 Å². The minimum atomic E-state index is -0.516. The van der Waals surface area contributed by atoms with E-state index in [2.05, 4.69) is 10.3 Å². The van der Waals surface area contributed by atoms with E-state index >= 15 is 0 Å². The summed E-state index contributed by atoms with van der Waals surface area (Å²) in [5.41, 5.74) is 0.997. The summed E-state index contributed by atoms with van der Waals surface area (Å²) in [7, 11) is 1.69. The van der Waals surface area contributed by atoms with Gasteiger partial charge in [-0.15, -0.1) is 11.3 Å². The van der Waals surface area contributed by atoms with Crippen LogP contribution in [0.15, 0.2) is 5.38 Å². The molecule has 2 amide bonds. The number of hydrogen-bond acceptors (Lipinski definition) is 4. The second-order valence-electron chi connectivity index (χ2n) is 5.32. The van der Waals surface area contributed by atoms with Crippen LogP contribution in [0.3, 0.4) is 0 Å². The highest BCUT2D eigenvalue weighted by Crippen LogP contribution is 2.41. The van der Waals surface area contributed by atoms with Gasteiger partial charge in [-0.3, -0.25) is 0 Å². The minimum absolute atomic E-state index is 0.0163. The molecule has 0 radical (unpaired) electrons. The smallest absolute Gasteiger partial charge is 0.317 e. The summed E-state index contributed by atoms with van der Waals surface area (Å²) in [5, 5.41) is 15.3. The van der Waals surface area contributed by atoms with Gasteiger partial charge in [-0.05, 0) is 32.6 Å². The van der Waals surface area contributed by atoms with Gasteiger partial charge in [-0.25, -0.2) is 9.78 Å². The molecule has 1 aromatic heterocycles. The van der Waals surface area contributed by atoms with E-state index in [1.165, 1.54) is 4.90 Å². The summed E-state index contributed by atoms with van der Waals surface area (Å²) < 4.78 is 0. The number of nitrogens with one attached hydrogen (secondary N) is 1. The average Bonchev–Trinajstić information content (AvgIpc) is 3.07. The lowest BCUT2D eigenvalue weighted by Crippen LogP contribution is -2.42. The van der Waals surface area contributed by atoms with Gasteiger partial charge in [0.15, 0.2) is 0 Å². The van der Waals surface area contributed by atoms with Crippen molar-refractivity contribution in [3.05, 3.63) is 16.1 Å². The number of aryl methyl sites for hydroxylation is 1. The van der Waals surface area contributed by atoms with Crippen LogP contribution in [0.1, 0.15) is 36.5 Å². The number of likely N-dealkylation sites (N-methyl/N-ethyl adjacent to an activating group) is 1. The highest BCUT2D eigenvalue weighted by molar-refractivity contribution is 7.09. The fourth-order valence-electron chi connectivity index (χ4n) is 2.05. The van der Waals surface area contributed by atoms with Gasteiger partial charge in [0.25, 0.3) is 0 Å². The largest absolute Gasteiger partial charge is 0.392 e. The molecule has 0 aliphatic heterocycles. The lowest BCUT2D eigenvalue weighted by atomic mass is 10.2. The number of carbonyl (C=O) groups excluding carboxylic acids is 1. The summed E-state index contributed by atoms with van der Waals surface area (Å²) in [6.45, 7) is 3.97. The maximum atomic E-state index is 12.1. The maximum absolute atomic E-state index is 12.1. The average molecular weight is 283 g/mol. The zero-order valence-corrected chi connectivity index (χ0v) is 12.4. The number of carbonyl (C=O) groups is 1. The molecule has 2 unspecified atom stereocenters. The van der Waals surface area contributed by atoms with Gasteiger partial charge >= 0.3 is 6.03 Å². The van der Waals surface area contributed by atoms with E-state index in [0.29, 0.717) is 12.5 Å². The van der Waals surface area contributed by atoms with E-state index < -0.39 is 6.10 Å². The van der Waals surface area contributed by atoms with E-state index in [4.69, 9.17) is 0 Å². The number of hydrogen-bond donors (Lipinski definition) is 2. The quantitative estimate of drug-likeness (QED) is 0.867. The van der Waals surface area contributed by atoms with Gasteiger partial charge in [0, 0.05) is 24.7 Å². The third-order valence-electron chi connectivity index (χ3n) is 3.16. The highest BCUT2D eigenvalue weighted by atomic mass is 32.1. The molecule has 1 aliphatic carbocycles. The van der Waals surface area contributed by atoms with Crippen LogP contribution in [-0.4, -0.2) is 40.7 Å². The lowest BCUT2D eigenvalue weighted by Gasteiger charge is -2.23. The monoisotopic (exact) mass is 283 g/mol. The Morgan fingerprint density at radius 3 is 2.84 bits per heavy atom. The predicted octanol–water partition coefficient (Wildman–Crippen LogP) is 1.92. The molecule has 0 spiro atoms. The molecule has 106 valence electrons. The normalized spacial score (nSPS) is 17.9. The Morgan fingerprint density at radius 2 is 2.37 bits per heavy atom. The van der Waals surface area contributed by atoms with Crippen LogP contribution < -0.4 is 5.32 Å². The molecule has 1 fully saturated rings. The van der Waals surface area contributed by atoms with Gasteiger partial charge in [0.2, 0.25) is 0 Å². The first-order valence-corrected chi connectivity index (χ1v) is 7.47. The van der Waals surface area contributed by atoms with Gasteiger partial charge in [-0.2, -0.15) is 0 Å². The zero-order valence-electron chi connectivity index (χ0n) is 11.6. The Kier molecular flexibility index (Phi) is 4.42. The Hall–Kier alpha value is -1.14. The number of urea groups is 1. The van der Waals surface area contributed by atoms with E-state index in [1.807, 2.05) is 12.3 Å². The third-order valence-corrected chi connectivity index (χ3v) is 4.21. The van der Waals surface area contributed by atoms with Crippen molar-refractivity contribution in [2.75, 3.05) is 13.6 Å². The molecule has 0 saturated heterocycles. The van der Waals surface area contributed by atoms with E-state index in [9.17, 15) is 9.90 Å². The van der Waals surface area contributed by atoms with Gasteiger partial charge in [0.05, 0.1) is 12.1 Å². The predicted molar refractivity (Wildman–Crippen MR) is 75.2 cm³/mol. The first kappa shape index (κ1) is 14.3. The Balaban J connectivity index is 1.99. The van der Waals surface area contributed by atoms with Gasteiger partial charge < -0.3 is 15.3 Å². The molecule has 1 saturated carbocycles. The minimum Gasteiger partial charge on any atom is -0.392 e. The van der Waals surface area contributed by atoms with Crippen molar-refractivity contribution < 1.29 is 9.90 Å². The van der Waals surface area contributed by atoms with Crippen molar-refractivity contribution >= 4 is 17.4 Å². The standard InChI is InChI=1S/C13H21N3O2S/c1-8-7-19-12(14-8)11(10-4-5-10)15-13(18)16(3)6-9(2)17/h7,9-11,17H,4-6H2,1-3H3,(H,15,18). The molecule has 2 atom stereocenters. The van der Waals surface area contributed by atoms with Crippen LogP contribution in [0.25, 0.3) is 0 Å². The second-order valence-corrected chi connectivity index (χ2v) is 6.21. The number of thiazole rings is 1. The Bertz CT molecular complexity index is 443. The number of rotatable bonds is 5. The molecule has 1 aromatic rings. The molecule has 19 heavy (non-hydrogen) atoms. The summed E-state index contributed by atoms with van der Waals surface area (Å²) in [6.07, 6.45) is 1.77. The number of aromatic nitrogens is 1. The van der Waals surface area contributed by atoms with Crippen molar-refractivity contribution in [1.29, 1.82) is 0 Å². The first-order chi connectivity index (χ1) is 8.97. The van der Waals surface area contributed by atoms with Gasteiger partial charge in [-0.1, -0.05) is 0 Å². The number of aliphatic hydroxyl groups is 1. The van der Waals surface area contributed by atoms with Crippen LogP contribution in [0, 0.1) is 12.8 Å². The third kappa shape index (κ3) is 3.91. The molecule has 2 rings (SSSR count). The number of aliphatic hydroxyl groups excluding tert-OH is 1. The summed E-state index contributed by atoms with van der Waals surface area (Å²) >= 11 is 1.60. The SMILES string of the molecule is Cc1csc(C(NC(=O)N(C)CC(C)O)C2CC2)n1. The van der Waals surface area contributed by atoms with E-state index in [-0.39, 0.29) is 12.1 Å². The van der Waals surface area contributed by atoms with Crippen LogP contribution in [0.2, 0.25) is 0 Å². The van der Waals surface area contributed by atoms with E-state index in [0.717, 1.165) is 23.5 Å². The fraction of sp³-hybridized carbons (Fsp3) is 0.692. The van der Waals surface area contributed by atoms with Crippen molar-refractivity contribution in [2.24, 2.45) is 5.92 Å². The molecule has 0 bridgehead atoms. The summed E-state index contributed by atoms with van der Waals surface area (Å²) in [4.78, 5) is 18.1. The lowest BCUT2D eigenvalue weighted by molar-refractivity contribution is 0.142. The molecule has 1 heterocycles. The maximum Gasteiger partial charge on any atom is 0.317 e. The molecular formula is C13H21N3O2S. The molecule has 1 aliphatic rings. The molecule has 2 N–H and O–H groups in total.